The Labute approximate surface area is 106 Å². The summed E-state index contributed by atoms with van der Waals surface area (Å²) in [5, 5.41) is 9.94. The highest BCUT2D eigenvalue weighted by atomic mass is 16.5. The van der Waals surface area contributed by atoms with E-state index in [4.69, 9.17) is 9.47 Å². The second kappa shape index (κ2) is 6.86. The number of hydrogen-bond acceptors (Lipinski definition) is 5. The van der Waals surface area contributed by atoms with Crippen LogP contribution in [-0.2, 0) is 9.53 Å². The van der Waals surface area contributed by atoms with Crippen LogP contribution < -0.4 is 9.47 Å². The SMILES string of the molecule is COC(=O)CCC(O)c1ccc(OC)c(OC)c1. The van der Waals surface area contributed by atoms with Crippen molar-refractivity contribution in [2.45, 2.75) is 18.9 Å². The van der Waals surface area contributed by atoms with E-state index in [-0.39, 0.29) is 12.4 Å². The molecule has 0 aromatic heterocycles. The molecule has 1 atom stereocenters. The van der Waals surface area contributed by atoms with Crippen LogP contribution in [0.15, 0.2) is 18.2 Å². The second-order valence-corrected chi connectivity index (χ2v) is 3.75. The van der Waals surface area contributed by atoms with Gasteiger partial charge in [0.1, 0.15) is 0 Å². The normalized spacial score (nSPS) is 11.8. The minimum absolute atomic E-state index is 0.173. The van der Waals surface area contributed by atoms with Gasteiger partial charge in [-0.05, 0) is 24.1 Å². The van der Waals surface area contributed by atoms with Crippen LogP contribution in [-0.4, -0.2) is 32.4 Å². The zero-order chi connectivity index (χ0) is 13.5. The Morgan fingerprint density at radius 1 is 1.22 bits per heavy atom. The average molecular weight is 254 g/mol. The number of hydrogen-bond donors (Lipinski definition) is 1. The molecule has 0 radical (unpaired) electrons. The highest BCUT2D eigenvalue weighted by Crippen LogP contribution is 2.31. The van der Waals surface area contributed by atoms with E-state index in [1.54, 1.807) is 25.3 Å². The van der Waals surface area contributed by atoms with Crippen molar-refractivity contribution >= 4 is 5.97 Å². The van der Waals surface area contributed by atoms with Crippen molar-refractivity contribution in [3.63, 3.8) is 0 Å². The molecule has 0 heterocycles. The molecule has 0 fully saturated rings. The van der Waals surface area contributed by atoms with Crippen molar-refractivity contribution in [3.8, 4) is 11.5 Å². The fourth-order valence-corrected chi connectivity index (χ4v) is 1.58. The van der Waals surface area contributed by atoms with Gasteiger partial charge in [0, 0.05) is 6.42 Å². The van der Waals surface area contributed by atoms with Gasteiger partial charge in [-0.3, -0.25) is 4.79 Å². The number of carbonyl (C=O) groups excluding carboxylic acids is 1. The van der Waals surface area contributed by atoms with Crippen molar-refractivity contribution in [3.05, 3.63) is 23.8 Å². The molecule has 1 unspecified atom stereocenters. The molecule has 0 bridgehead atoms. The fourth-order valence-electron chi connectivity index (χ4n) is 1.58. The molecule has 18 heavy (non-hydrogen) atoms. The lowest BCUT2D eigenvalue weighted by molar-refractivity contribution is -0.141. The molecule has 0 aliphatic rings. The molecule has 0 saturated heterocycles. The van der Waals surface area contributed by atoms with Gasteiger partial charge in [-0.25, -0.2) is 0 Å². The van der Waals surface area contributed by atoms with E-state index >= 15 is 0 Å². The minimum atomic E-state index is -0.732. The van der Waals surface area contributed by atoms with Crippen LogP contribution in [0.1, 0.15) is 24.5 Å². The molecule has 0 spiro atoms. The number of carbonyl (C=O) groups is 1. The average Bonchev–Trinajstić information content (AvgIpc) is 2.43. The Kier molecular flexibility index (Phi) is 5.45. The van der Waals surface area contributed by atoms with Gasteiger partial charge in [-0.2, -0.15) is 0 Å². The summed E-state index contributed by atoms with van der Waals surface area (Å²) in [5.74, 6) is 0.808. The Morgan fingerprint density at radius 3 is 2.44 bits per heavy atom. The first kappa shape index (κ1) is 14.3. The second-order valence-electron chi connectivity index (χ2n) is 3.75. The Hall–Kier alpha value is -1.75. The van der Waals surface area contributed by atoms with E-state index in [0.717, 1.165) is 0 Å². The highest BCUT2D eigenvalue weighted by Gasteiger charge is 2.13. The summed E-state index contributed by atoms with van der Waals surface area (Å²) < 4.78 is 14.8. The Balaban J connectivity index is 2.73. The third-order valence-corrected chi connectivity index (χ3v) is 2.64. The van der Waals surface area contributed by atoms with Crippen LogP contribution in [0.4, 0.5) is 0 Å². The molecule has 1 N–H and O–H groups in total. The molecule has 0 amide bonds. The number of rotatable bonds is 6. The van der Waals surface area contributed by atoms with Crippen molar-refractivity contribution in [1.82, 2.24) is 0 Å². The lowest BCUT2D eigenvalue weighted by atomic mass is 10.0. The first-order chi connectivity index (χ1) is 8.62. The zero-order valence-electron chi connectivity index (χ0n) is 10.8. The van der Waals surface area contributed by atoms with Crippen molar-refractivity contribution in [2.24, 2.45) is 0 Å². The molecule has 1 rings (SSSR count). The lowest BCUT2D eigenvalue weighted by Crippen LogP contribution is -2.05. The predicted octanol–water partition coefficient (Wildman–Crippen LogP) is 1.69. The maximum absolute atomic E-state index is 11.0. The highest BCUT2D eigenvalue weighted by molar-refractivity contribution is 5.69. The molecule has 100 valence electrons. The van der Waals surface area contributed by atoms with Gasteiger partial charge in [0.15, 0.2) is 11.5 Å². The molecular weight excluding hydrogens is 236 g/mol. The molecule has 1 aromatic rings. The molecule has 1 aromatic carbocycles. The monoisotopic (exact) mass is 254 g/mol. The molecule has 5 heteroatoms. The lowest BCUT2D eigenvalue weighted by Gasteiger charge is -2.13. The number of benzene rings is 1. The van der Waals surface area contributed by atoms with E-state index < -0.39 is 6.10 Å². The minimum Gasteiger partial charge on any atom is -0.493 e. The maximum atomic E-state index is 11.0. The molecular formula is C13H18O5. The zero-order valence-corrected chi connectivity index (χ0v) is 10.8. The molecule has 0 aliphatic heterocycles. The van der Waals surface area contributed by atoms with Gasteiger partial charge in [0.25, 0.3) is 0 Å². The van der Waals surface area contributed by atoms with Crippen molar-refractivity contribution < 1.29 is 24.1 Å². The molecule has 5 nitrogen and oxygen atoms in total. The first-order valence-corrected chi connectivity index (χ1v) is 5.59. The summed E-state index contributed by atoms with van der Waals surface area (Å²) in [6.07, 6.45) is -0.252. The van der Waals surface area contributed by atoms with E-state index in [0.29, 0.717) is 23.5 Å². The van der Waals surface area contributed by atoms with Crippen LogP contribution in [0.5, 0.6) is 11.5 Å². The summed E-state index contributed by atoms with van der Waals surface area (Å²) in [4.78, 5) is 11.0. The number of ether oxygens (including phenoxy) is 3. The van der Waals surface area contributed by atoms with E-state index in [1.807, 2.05) is 0 Å². The van der Waals surface area contributed by atoms with E-state index in [1.165, 1.54) is 14.2 Å². The van der Waals surface area contributed by atoms with Crippen molar-refractivity contribution in [1.29, 1.82) is 0 Å². The molecule has 0 saturated carbocycles. The van der Waals surface area contributed by atoms with Gasteiger partial charge < -0.3 is 19.3 Å². The van der Waals surface area contributed by atoms with Crippen LogP contribution >= 0.6 is 0 Å². The third kappa shape index (κ3) is 3.63. The molecule has 0 aliphatic carbocycles. The largest absolute Gasteiger partial charge is 0.493 e. The Morgan fingerprint density at radius 2 is 1.89 bits per heavy atom. The van der Waals surface area contributed by atoms with Crippen LogP contribution in [0.2, 0.25) is 0 Å². The summed E-state index contributed by atoms with van der Waals surface area (Å²) in [5.41, 5.74) is 0.677. The van der Waals surface area contributed by atoms with Gasteiger partial charge in [0.2, 0.25) is 0 Å². The van der Waals surface area contributed by atoms with E-state index in [9.17, 15) is 9.90 Å². The first-order valence-electron chi connectivity index (χ1n) is 5.59. The summed E-state index contributed by atoms with van der Waals surface area (Å²) in [6.45, 7) is 0. The van der Waals surface area contributed by atoms with Crippen LogP contribution in [0.25, 0.3) is 0 Å². The Bertz CT molecular complexity index is 402. The summed E-state index contributed by atoms with van der Waals surface area (Å²) in [7, 11) is 4.40. The standard InChI is InChI=1S/C13H18O5/c1-16-11-6-4-9(8-12(11)17-2)10(14)5-7-13(15)18-3/h4,6,8,10,14H,5,7H2,1-3H3. The fraction of sp³-hybridized carbons (Fsp3) is 0.462. The smallest absolute Gasteiger partial charge is 0.305 e. The van der Waals surface area contributed by atoms with Crippen molar-refractivity contribution in [2.75, 3.05) is 21.3 Å². The van der Waals surface area contributed by atoms with Gasteiger partial charge in [-0.1, -0.05) is 6.07 Å². The van der Waals surface area contributed by atoms with Crippen LogP contribution in [0, 0.1) is 0 Å². The van der Waals surface area contributed by atoms with Crippen LogP contribution in [0.3, 0.4) is 0 Å². The number of aliphatic hydroxyl groups is 1. The van der Waals surface area contributed by atoms with Gasteiger partial charge >= 0.3 is 5.97 Å². The number of methoxy groups -OCH3 is 3. The number of esters is 1. The summed E-state index contributed by atoms with van der Waals surface area (Å²) >= 11 is 0. The quantitative estimate of drug-likeness (QED) is 0.782. The summed E-state index contributed by atoms with van der Waals surface area (Å²) in [6, 6.07) is 5.15. The maximum Gasteiger partial charge on any atom is 0.305 e. The number of aliphatic hydroxyl groups excluding tert-OH is 1. The third-order valence-electron chi connectivity index (χ3n) is 2.64. The topological polar surface area (TPSA) is 65.0 Å². The van der Waals surface area contributed by atoms with E-state index in [2.05, 4.69) is 4.74 Å². The van der Waals surface area contributed by atoms with Gasteiger partial charge in [0.05, 0.1) is 27.4 Å². The van der Waals surface area contributed by atoms with Gasteiger partial charge in [-0.15, -0.1) is 0 Å². The predicted molar refractivity (Wildman–Crippen MR) is 65.8 cm³/mol.